The molecule has 8 heteroatoms. The van der Waals surface area contributed by atoms with Gasteiger partial charge in [-0.15, -0.1) is 0 Å². The standard InChI is InChI=1S/C19H21ClN2O5/c20-15-6-4-14(5-7-15)19-12-21(8-9-26-19)11-17(23)13-27-18-3-1-2-16(10-18)22(24)25/h1-7,10,17,19,23H,8-9,11-13H2/t17-,19+/m1/s1. The number of ether oxygens (including phenoxy) is 2. The van der Waals surface area contributed by atoms with Crippen LogP contribution in [0.4, 0.5) is 5.69 Å². The van der Waals surface area contributed by atoms with Gasteiger partial charge in [-0.1, -0.05) is 29.8 Å². The molecule has 0 aromatic heterocycles. The smallest absolute Gasteiger partial charge is 0.273 e. The van der Waals surface area contributed by atoms with Crippen LogP contribution in [-0.2, 0) is 4.74 Å². The quantitative estimate of drug-likeness (QED) is 0.575. The van der Waals surface area contributed by atoms with Gasteiger partial charge < -0.3 is 14.6 Å². The molecule has 144 valence electrons. The van der Waals surface area contributed by atoms with E-state index >= 15 is 0 Å². The number of benzene rings is 2. The van der Waals surface area contributed by atoms with Gasteiger partial charge in [0.1, 0.15) is 18.5 Å². The number of hydrogen-bond donors (Lipinski definition) is 1. The van der Waals surface area contributed by atoms with E-state index < -0.39 is 11.0 Å². The van der Waals surface area contributed by atoms with Crippen LogP contribution in [0.2, 0.25) is 5.02 Å². The minimum Gasteiger partial charge on any atom is -0.491 e. The van der Waals surface area contributed by atoms with E-state index in [-0.39, 0.29) is 18.4 Å². The molecule has 0 amide bonds. The summed E-state index contributed by atoms with van der Waals surface area (Å²) in [5, 5.41) is 21.8. The predicted octanol–water partition coefficient (Wildman–Crippen LogP) is 3.06. The van der Waals surface area contributed by atoms with E-state index in [1.54, 1.807) is 12.1 Å². The van der Waals surface area contributed by atoms with Crippen molar-refractivity contribution in [2.75, 3.05) is 32.8 Å². The summed E-state index contributed by atoms with van der Waals surface area (Å²) in [5.74, 6) is 0.365. The van der Waals surface area contributed by atoms with Crippen LogP contribution in [0.5, 0.6) is 5.75 Å². The average molecular weight is 393 g/mol. The molecule has 27 heavy (non-hydrogen) atoms. The highest BCUT2D eigenvalue weighted by molar-refractivity contribution is 6.30. The Balaban J connectivity index is 1.50. The third-order valence-electron chi connectivity index (χ3n) is 4.33. The van der Waals surface area contributed by atoms with Crippen LogP contribution >= 0.6 is 11.6 Å². The normalized spacial score (nSPS) is 18.8. The summed E-state index contributed by atoms with van der Waals surface area (Å²) in [6, 6.07) is 13.5. The zero-order valence-corrected chi connectivity index (χ0v) is 15.4. The number of nitro groups is 1. The SMILES string of the molecule is O=[N+]([O-])c1cccc(OC[C@H](O)CN2CCO[C@H](c3ccc(Cl)cc3)C2)c1. The molecule has 0 aliphatic carbocycles. The lowest BCUT2D eigenvalue weighted by Crippen LogP contribution is -2.43. The maximum atomic E-state index is 10.8. The van der Waals surface area contributed by atoms with Gasteiger partial charge in [-0.3, -0.25) is 15.0 Å². The molecular weight excluding hydrogens is 372 g/mol. The van der Waals surface area contributed by atoms with Gasteiger partial charge in [0.15, 0.2) is 0 Å². The molecule has 0 unspecified atom stereocenters. The van der Waals surface area contributed by atoms with Crippen molar-refractivity contribution >= 4 is 17.3 Å². The minimum atomic E-state index is -0.715. The fourth-order valence-corrected chi connectivity index (χ4v) is 3.10. The van der Waals surface area contributed by atoms with Crippen LogP contribution in [0.3, 0.4) is 0 Å². The molecule has 1 N–H and O–H groups in total. The lowest BCUT2D eigenvalue weighted by molar-refractivity contribution is -0.384. The number of hydrogen-bond acceptors (Lipinski definition) is 6. The summed E-state index contributed by atoms with van der Waals surface area (Å²) in [6.45, 7) is 2.45. The van der Waals surface area contributed by atoms with Crippen molar-refractivity contribution in [1.29, 1.82) is 0 Å². The highest BCUT2D eigenvalue weighted by Crippen LogP contribution is 2.24. The Morgan fingerprint density at radius 1 is 1.33 bits per heavy atom. The molecule has 3 rings (SSSR count). The largest absolute Gasteiger partial charge is 0.491 e. The number of β-amino-alcohol motifs (C(OH)–C–C–N with tert-alkyl or cyclic N) is 1. The van der Waals surface area contributed by atoms with Crippen molar-refractivity contribution in [3.8, 4) is 5.75 Å². The molecule has 0 spiro atoms. The number of non-ortho nitro benzene ring substituents is 1. The van der Waals surface area contributed by atoms with Gasteiger partial charge in [-0.05, 0) is 23.8 Å². The maximum Gasteiger partial charge on any atom is 0.273 e. The van der Waals surface area contributed by atoms with Crippen molar-refractivity contribution in [2.45, 2.75) is 12.2 Å². The molecule has 0 saturated carbocycles. The lowest BCUT2D eigenvalue weighted by atomic mass is 10.1. The summed E-state index contributed by atoms with van der Waals surface area (Å²) < 4.78 is 11.3. The van der Waals surface area contributed by atoms with E-state index in [1.165, 1.54) is 12.1 Å². The lowest BCUT2D eigenvalue weighted by Gasteiger charge is -2.34. The van der Waals surface area contributed by atoms with Crippen molar-refractivity contribution in [1.82, 2.24) is 4.90 Å². The Labute approximate surface area is 162 Å². The Hall–Kier alpha value is -2.19. The number of nitrogens with zero attached hydrogens (tertiary/aromatic N) is 2. The van der Waals surface area contributed by atoms with Crippen LogP contribution in [0.25, 0.3) is 0 Å². The third-order valence-corrected chi connectivity index (χ3v) is 4.58. The molecule has 2 aromatic rings. The highest BCUT2D eigenvalue weighted by atomic mass is 35.5. The molecule has 1 fully saturated rings. The Morgan fingerprint density at radius 2 is 2.11 bits per heavy atom. The Bertz CT molecular complexity index is 771. The molecule has 7 nitrogen and oxygen atoms in total. The van der Waals surface area contributed by atoms with E-state index in [0.29, 0.717) is 30.5 Å². The van der Waals surface area contributed by atoms with Crippen LogP contribution in [0.15, 0.2) is 48.5 Å². The first-order valence-corrected chi connectivity index (χ1v) is 9.04. The maximum absolute atomic E-state index is 10.8. The first-order valence-electron chi connectivity index (χ1n) is 8.66. The first kappa shape index (κ1) is 19.6. The van der Waals surface area contributed by atoms with E-state index in [2.05, 4.69) is 4.90 Å². The summed E-state index contributed by atoms with van der Waals surface area (Å²) in [7, 11) is 0. The third kappa shape index (κ3) is 5.64. The second-order valence-corrected chi connectivity index (χ2v) is 6.83. The number of morpholine rings is 1. The molecule has 1 heterocycles. The summed E-state index contributed by atoms with van der Waals surface area (Å²) in [4.78, 5) is 12.4. The zero-order valence-electron chi connectivity index (χ0n) is 14.7. The topological polar surface area (TPSA) is 85.1 Å². The van der Waals surface area contributed by atoms with Crippen LogP contribution in [0.1, 0.15) is 11.7 Å². The molecule has 1 aliphatic rings. The van der Waals surface area contributed by atoms with Gasteiger partial charge in [0.25, 0.3) is 5.69 Å². The van der Waals surface area contributed by atoms with Gasteiger partial charge in [-0.25, -0.2) is 0 Å². The van der Waals surface area contributed by atoms with E-state index in [1.807, 2.05) is 24.3 Å². The second-order valence-electron chi connectivity index (χ2n) is 6.39. The van der Waals surface area contributed by atoms with E-state index in [0.717, 1.165) is 12.1 Å². The Morgan fingerprint density at radius 3 is 2.85 bits per heavy atom. The molecule has 2 aromatic carbocycles. The summed E-state index contributed by atoms with van der Waals surface area (Å²) >= 11 is 5.92. The average Bonchev–Trinajstić information content (AvgIpc) is 2.67. The van der Waals surface area contributed by atoms with Gasteiger partial charge >= 0.3 is 0 Å². The Kier molecular flexibility index (Phi) is 6.63. The van der Waals surface area contributed by atoms with Gasteiger partial charge in [0, 0.05) is 30.7 Å². The van der Waals surface area contributed by atoms with Crippen LogP contribution in [0, 0.1) is 10.1 Å². The van der Waals surface area contributed by atoms with Gasteiger partial charge in [0.05, 0.1) is 23.7 Å². The number of nitro benzene ring substituents is 1. The van der Waals surface area contributed by atoms with E-state index in [9.17, 15) is 15.2 Å². The fraction of sp³-hybridized carbons (Fsp3) is 0.368. The summed E-state index contributed by atoms with van der Waals surface area (Å²) in [5.41, 5.74) is 1.01. The molecule has 0 bridgehead atoms. The van der Waals surface area contributed by atoms with Crippen molar-refractivity contribution < 1.29 is 19.5 Å². The van der Waals surface area contributed by atoms with Crippen molar-refractivity contribution in [3.05, 3.63) is 69.2 Å². The second kappa shape index (κ2) is 9.14. The molecule has 1 aliphatic heterocycles. The zero-order chi connectivity index (χ0) is 19.2. The highest BCUT2D eigenvalue weighted by Gasteiger charge is 2.23. The first-order chi connectivity index (χ1) is 13.0. The molecular formula is C19H21ClN2O5. The molecule has 0 radical (unpaired) electrons. The van der Waals surface area contributed by atoms with Crippen molar-refractivity contribution in [2.24, 2.45) is 0 Å². The minimum absolute atomic E-state index is 0.0408. The number of aliphatic hydroxyl groups is 1. The molecule has 2 atom stereocenters. The van der Waals surface area contributed by atoms with Crippen molar-refractivity contribution in [3.63, 3.8) is 0 Å². The predicted molar refractivity (Wildman–Crippen MR) is 101 cm³/mol. The summed E-state index contributed by atoms with van der Waals surface area (Å²) in [6.07, 6.45) is -0.783. The number of aliphatic hydroxyl groups excluding tert-OH is 1. The van der Waals surface area contributed by atoms with Gasteiger partial charge in [-0.2, -0.15) is 0 Å². The fourth-order valence-electron chi connectivity index (χ4n) is 2.98. The van der Waals surface area contributed by atoms with Gasteiger partial charge in [0.2, 0.25) is 0 Å². The number of halogens is 1. The van der Waals surface area contributed by atoms with Crippen LogP contribution < -0.4 is 4.74 Å². The molecule has 1 saturated heterocycles. The number of rotatable bonds is 7. The monoisotopic (exact) mass is 392 g/mol. The van der Waals surface area contributed by atoms with E-state index in [4.69, 9.17) is 21.1 Å². The van der Waals surface area contributed by atoms with Crippen LogP contribution in [-0.4, -0.2) is 53.9 Å².